The van der Waals surface area contributed by atoms with Crippen molar-refractivity contribution < 1.29 is 14.3 Å². The fourth-order valence-electron chi connectivity index (χ4n) is 1.88. The van der Waals surface area contributed by atoms with Crippen molar-refractivity contribution in [3.63, 3.8) is 0 Å². The van der Waals surface area contributed by atoms with Crippen molar-refractivity contribution >= 4 is 11.9 Å². The average molecular weight is 256 g/mol. The number of rotatable bonds is 8. The predicted octanol–water partition coefficient (Wildman–Crippen LogP) is 1.06. The molecule has 5 nitrogen and oxygen atoms in total. The van der Waals surface area contributed by atoms with Crippen LogP contribution < -0.4 is 5.73 Å². The topological polar surface area (TPSA) is 72.6 Å². The van der Waals surface area contributed by atoms with Gasteiger partial charge in [-0.3, -0.25) is 9.59 Å². The number of hydrogen-bond acceptors (Lipinski definition) is 4. The zero-order valence-electron chi connectivity index (χ0n) is 11.4. The van der Waals surface area contributed by atoms with Crippen LogP contribution in [0.4, 0.5) is 0 Å². The van der Waals surface area contributed by atoms with E-state index in [-0.39, 0.29) is 24.5 Å². The van der Waals surface area contributed by atoms with E-state index in [9.17, 15) is 9.59 Å². The van der Waals surface area contributed by atoms with Crippen molar-refractivity contribution in [2.75, 3.05) is 13.2 Å². The molecule has 0 bridgehead atoms. The fourth-order valence-corrected chi connectivity index (χ4v) is 1.88. The van der Waals surface area contributed by atoms with Crippen molar-refractivity contribution in [3.05, 3.63) is 0 Å². The lowest BCUT2D eigenvalue weighted by Gasteiger charge is -2.24. The molecule has 0 aromatic carbocycles. The van der Waals surface area contributed by atoms with E-state index in [0.29, 0.717) is 13.0 Å². The fraction of sp³-hybridized carbons (Fsp3) is 0.846. The van der Waals surface area contributed by atoms with Crippen molar-refractivity contribution in [1.29, 1.82) is 0 Å². The maximum Gasteiger partial charge on any atom is 0.325 e. The number of carbonyl (C=O) groups excluding carboxylic acids is 2. The largest absolute Gasteiger partial charge is 0.465 e. The van der Waals surface area contributed by atoms with Crippen LogP contribution in [0.1, 0.15) is 46.0 Å². The minimum absolute atomic E-state index is 0.0389. The van der Waals surface area contributed by atoms with E-state index in [2.05, 4.69) is 6.92 Å². The first-order valence-electron chi connectivity index (χ1n) is 6.81. The maximum absolute atomic E-state index is 12.2. The SMILES string of the molecule is CCCCC(N)C(=O)N(CC(=O)OCC)C1CC1. The van der Waals surface area contributed by atoms with E-state index in [0.717, 1.165) is 25.7 Å². The molecule has 1 fully saturated rings. The summed E-state index contributed by atoms with van der Waals surface area (Å²) < 4.78 is 4.89. The van der Waals surface area contributed by atoms with E-state index in [1.807, 2.05) is 0 Å². The molecule has 0 heterocycles. The van der Waals surface area contributed by atoms with Gasteiger partial charge >= 0.3 is 5.97 Å². The van der Waals surface area contributed by atoms with Gasteiger partial charge in [-0.05, 0) is 26.2 Å². The summed E-state index contributed by atoms with van der Waals surface area (Å²) in [5, 5.41) is 0. The summed E-state index contributed by atoms with van der Waals surface area (Å²) >= 11 is 0. The zero-order chi connectivity index (χ0) is 13.5. The second-order valence-corrected chi connectivity index (χ2v) is 4.75. The van der Waals surface area contributed by atoms with Crippen molar-refractivity contribution in [1.82, 2.24) is 4.90 Å². The molecule has 1 saturated carbocycles. The Hall–Kier alpha value is -1.10. The number of nitrogens with two attached hydrogens (primary N) is 1. The van der Waals surface area contributed by atoms with Gasteiger partial charge in [0.05, 0.1) is 12.6 Å². The van der Waals surface area contributed by atoms with Crippen molar-refractivity contribution in [2.45, 2.75) is 58.0 Å². The lowest BCUT2D eigenvalue weighted by atomic mass is 10.1. The van der Waals surface area contributed by atoms with Crippen LogP contribution >= 0.6 is 0 Å². The normalized spacial score (nSPS) is 16.2. The Bertz CT molecular complexity index is 290. The maximum atomic E-state index is 12.2. The Kier molecular flexibility index (Phi) is 6.12. The van der Waals surface area contributed by atoms with Gasteiger partial charge in [-0.15, -0.1) is 0 Å². The predicted molar refractivity (Wildman–Crippen MR) is 68.9 cm³/mol. The molecule has 2 N–H and O–H groups in total. The number of nitrogens with zero attached hydrogens (tertiary/aromatic N) is 1. The molecular formula is C13H24N2O3. The zero-order valence-corrected chi connectivity index (χ0v) is 11.4. The number of hydrogen-bond donors (Lipinski definition) is 1. The van der Waals surface area contributed by atoms with Gasteiger partial charge in [-0.2, -0.15) is 0 Å². The van der Waals surface area contributed by atoms with Gasteiger partial charge in [0, 0.05) is 6.04 Å². The molecule has 0 spiro atoms. The van der Waals surface area contributed by atoms with Gasteiger partial charge in [0.2, 0.25) is 5.91 Å². The molecule has 1 atom stereocenters. The number of esters is 1. The highest BCUT2D eigenvalue weighted by Gasteiger charge is 2.35. The van der Waals surface area contributed by atoms with E-state index in [4.69, 9.17) is 10.5 Å². The van der Waals surface area contributed by atoms with Gasteiger partial charge in [0.15, 0.2) is 0 Å². The molecule has 104 valence electrons. The lowest BCUT2D eigenvalue weighted by Crippen LogP contribution is -2.47. The molecule has 1 aliphatic rings. The Morgan fingerprint density at radius 3 is 2.56 bits per heavy atom. The van der Waals surface area contributed by atoms with E-state index >= 15 is 0 Å². The van der Waals surface area contributed by atoms with Gasteiger partial charge in [0.25, 0.3) is 0 Å². The molecular weight excluding hydrogens is 232 g/mol. The van der Waals surface area contributed by atoms with Crippen LogP contribution in [-0.4, -0.2) is 42.0 Å². The molecule has 1 aliphatic carbocycles. The summed E-state index contributed by atoms with van der Waals surface area (Å²) in [5.41, 5.74) is 5.88. The Morgan fingerprint density at radius 1 is 1.39 bits per heavy atom. The third kappa shape index (κ3) is 4.64. The summed E-state index contributed by atoms with van der Waals surface area (Å²) in [6, 6.07) is -0.297. The van der Waals surface area contributed by atoms with Gasteiger partial charge in [0.1, 0.15) is 6.54 Å². The van der Waals surface area contributed by atoms with Crippen molar-refractivity contribution in [2.24, 2.45) is 5.73 Å². The molecule has 1 rings (SSSR count). The molecule has 1 amide bonds. The van der Waals surface area contributed by atoms with Crippen LogP contribution in [0.25, 0.3) is 0 Å². The van der Waals surface area contributed by atoms with Gasteiger partial charge in [-0.1, -0.05) is 19.8 Å². The molecule has 0 aromatic heterocycles. The number of ether oxygens (including phenoxy) is 1. The summed E-state index contributed by atoms with van der Waals surface area (Å²) in [6.07, 6.45) is 4.56. The molecule has 5 heteroatoms. The molecule has 1 unspecified atom stereocenters. The molecule has 0 aliphatic heterocycles. The summed E-state index contributed by atoms with van der Waals surface area (Å²) in [5.74, 6) is -0.459. The second kappa shape index (κ2) is 7.36. The Morgan fingerprint density at radius 2 is 2.06 bits per heavy atom. The van der Waals surface area contributed by atoms with Gasteiger partial charge < -0.3 is 15.4 Å². The first-order valence-corrected chi connectivity index (χ1v) is 6.81. The van der Waals surface area contributed by atoms with E-state index in [1.54, 1.807) is 11.8 Å². The highest BCUT2D eigenvalue weighted by molar-refractivity contribution is 5.86. The van der Waals surface area contributed by atoms with Crippen LogP contribution in [0.15, 0.2) is 0 Å². The molecule has 18 heavy (non-hydrogen) atoms. The summed E-state index contributed by atoms with van der Waals surface area (Å²) in [4.78, 5) is 25.2. The lowest BCUT2D eigenvalue weighted by molar-refractivity contribution is -0.149. The number of carbonyl (C=O) groups is 2. The number of unbranched alkanes of at least 4 members (excludes halogenated alkanes) is 1. The minimum atomic E-state index is -0.486. The van der Waals surface area contributed by atoms with E-state index < -0.39 is 6.04 Å². The first-order chi connectivity index (χ1) is 8.60. The quantitative estimate of drug-likeness (QED) is 0.659. The average Bonchev–Trinajstić information content (AvgIpc) is 3.16. The van der Waals surface area contributed by atoms with Crippen molar-refractivity contribution in [3.8, 4) is 0 Å². The minimum Gasteiger partial charge on any atom is -0.465 e. The van der Waals surface area contributed by atoms with Crippen LogP contribution in [-0.2, 0) is 14.3 Å². The molecule has 0 saturated heterocycles. The first kappa shape index (κ1) is 15.0. The van der Waals surface area contributed by atoms with Crippen LogP contribution in [0.3, 0.4) is 0 Å². The second-order valence-electron chi connectivity index (χ2n) is 4.75. The van der Waals surface area contributed by atoms with Crippen LogP contribution in [0.5, 0.6) is 0 Å². The molecule has 0 radical (unpaired) electrons. The monoisotopic (exact) mass is 256 g/mol. The summed E-state index contributed by atoms with van der Waals surface area (Å²) in [6.45, 7) is 4.20. The number of amides is 1. The third-order valence-corrected chi connectivity index (χ3v) is 3.06. The highest BCUT2D eigenvalue weighted by Crippen LogP contribution is 2.27. The van der Waals surface area contributed by atoms with Crippen LogP contribution in [0, 0.1) is 0 Å². The van der Waals surface area contributed by atoms with Gasteiger partial charge in [-0.25, -0.2) is 0 Å². The summed E-state index contributed by atoms with van der Waals surface area (Å²) in [7, 11) is 0. The van der Waals surface area contributed by atoms with Crippen LogP contribution in [0.2, 0.25) is 0 Å². The van der Waals surface area contributed by atoms with E-state index in [1.165, 1.54) is 0 Å². The third-order valence-electron chi connectivity index (χ3n) is 3.06. The smallest absolute Gasteiger partial charge is 0.325 e. The Balaban J connectivity index is 2.50. The Labute approximate surface area is 109 Å². The molecule has 0 aromatic rings. The standard InChI is InChI=1S/C13H24N2O3/c1-3-5-6-11(14)13(17)15(10-7-8-10)9-12(16)18-4-2/h10-11H,3-9,14H2,1-2H3. The highest BCUT2D eigenvalue weighted by atomic mass is 16.5.